The number of carbonyl (C=O) groups is 1. The second-order valence-corrected chi connectivity index (χ2v) is 5.29. The number of likely N-dealkylation sites (tertiary alicyclic amines) is 1. The minimum Gasteiger partial charge on any atom is -0.471 e. The number of nitrogens with zero attached hydrogens (tertiary/aromatic N) is 5. The van der Waals surface area contributed by atoms with Crippen molar-refractivity contribution in [2.45, 2.75) is 25.5 Å². The van der Waals surface area contributed by atoms with Crippen LogP contribution in [0.15, 0.2) is 41.7 Å². The lowest BCUT2D eigenvalue weighted by molar-refractivity contribution is -0.134. The maximum atomic E-state index is 12.4. The summed E-state index contributed by atoms with van der Waals surface area (Å²) in [5.74, 6) is 0.311. The van der Waals surface area contributed by atoms with Crippen LogP contribution in [0.5, 0.6) is 5.88 Å². The van der Waals surface area contributed by atoms with Crippen molar-refractivity contribution in [1.82, 2.24) is 24.6 Å². The minimum absolute atomic E-state index is 0.0580. The molecule has 1 unspecified atom stereocenters. The molecule has 8 heteroatoms. The van der Waals surface area contributed by atoms with Crippen LogP contribution in [0.4, 0.5) is 0 Å². The van der Waals surface area contributed by atoms with Gasteiger partial charge in [-0.1, -0.05) is 0 Å². The van der Waals surface area contributed by atoms with Gasteiger partial charge in [-0.05, 0) is 18.9 Å². The molecule has 23 heavy (non-hydrogen) atoms. The largest absolute Gasteiger partial charge is 0.471 e. The lowest BCUT2D eigenvalue weighted by atomic mass is 10.1. The smallest absolute Gasteiger partial charge is 0.267 e. The number of amides is 1. The van der Waals surface area contributed by atoms with Crippen molar-refractivity contribution < 1.29 is 9.53 Å². The van der Waals surface area contributed by atoms with Crippen LogP contribution in [0.2, 0.25) is 0 Å². The first-order valence-electron chi connectivity index (χ1n) is 7.45. The second-order valence-electron chi connectivity index (χ2n) is 5.29. The average Bonchev–Trinajstić information content (AvgIpc) is 2.58. The van der Waals surface area contributed by atoms with Gasteiger partial charge in [0, 0.05) is 31.2 Å². The van der Waals surface area contributed by atoms with E-state index in [1.807, 2.05) is 0 Å². The predicted molar refractivity (Wildman–Crippen MR) is 80.8 cm³/mol. The van der Waals surface area contributed by atoms with E-state index in [2.05, 4.69) is 15.1 Å². The van der Waals surface area contributed by atoms with Crippen molar-refractivity contribution in [3.63, 3.8) is 0 Å². The van der Waals surface area contributed by atoms with E-state index in [9.17, 15) is 9.59 Å². The van der Waals surface area contributed by atoms with Gasteiger partial charge < -0.3 is 9.64 Å². The summed E-state index contributed by atoms with van der Waals surface area (Å²) in [5.41, 5.74) is -0.287. The first-order valence-corrected chi connectivity index (χ1v) is 7.45. The number of hydrogen-bond donors (Lipinski definition) is 0. The molecule has 0 radical (unpaired) electrons. The number of piperidine rings is 1. The van der Waals surface area contributed by atoms with Crippen LogP contribution in [0.25, 0.3) is 0 Å². The molecular formula is C15H17N5O3. The van der Waals surface area contributed by atoms with Crippen molar-refractivity contribution in [2.75, 3.05) is 13.1 Å². The molecule has 2 aromatic rings. The van der Waals surface area contributed by atoms with Gasteiger partial charge in [0.2, 0.25) is 11.8 Å². The normalized spacial score (nSPS) is 17.7. The number of carbonyl (C=O) groups excluding carboxylic acids is 1. The zero-order valence-corrected chi connectivity index (χ0v) is 12.5. The van der Waals surface area contributed by atoms with Gasteiger partial charge >= 0.3 is 0 Å². The Morgan fingerprint density at radius 3 is 3.04 bits per heavy atom. The molecule has 1 fully saturated rings. The lowest BCUT2D eigenvalue weighted by Gasteiger charge is -2.32. The fraction of sp³-hybridized carbons (Fsp3) is 0.400. The molecule has 1 aliphatic rings. The van der Waals surface area contributed by atoms with Gasteiger partial charge in [0.05, 0.1) is 12.7 Å². The number of aromatic nitrogens is 4. The summed E-state index contributed by atoms with van der Waals surface area (Å²) in [5, 5.41) is 3.91. The van der Waals surface area contributed by atoms with Crippen LogP contribution >= 0.6 is 0 Å². The molecule has 0 bridgehead atoms. The van der Waals surface area contributed by atoms with Crippen LogP contribution in [0.1, 0.15) is 12.8 Å². The molecule has 1 saturated heterocycles. The van der Waals surface area contributed by atoms with E-state index in [1.54, 1.807) is 29.6 Å². The second kappa shape index (κ2) is 6.99. The van der Waals surface area contributed by atoms with Crippen molar-refractivity contribution in [3.8, 4) is 5.88 Å². The highest BCUT2D eigenvalue weighted by atomic mass is 16.5. The Labute approximate surface area is 132 Å². The van der Waals surface area contributed by atoms with E-state index in [-0.39, 0.29) is 24.1 Å². The van der Waals surface area contributed by atoms with Crippen molar-refractivity contribution >= 4 is 5.91 Å². The molecule has 8 nitrogen and oxygen atoms in total. The summed E-state index contributed by atoms with van der Waals surface area (Å²) < 4.78 is 6.92. The Hall–Kier alpha value is -2.77. The third-order valence-electron chi connectivity index (χ3n) is 3.63. The molecule has 0 aliphatic carbocycles. The minimum atomic E-state index is -0.287. The highest BCUT2D eigenvalue weighted by Gasteiger charge is 2.25. The van der Waals surface area contributed by atoms with Crippen molar-refractivity contribution in [1.29, 1.82) is 0 Å². The predicted octanol–water partition coefficient (Wildman–Crippen LogP) is 0.103. The summed E-state index contributed by atoms with van der Waals surface area (Å²) >= 11 is 0. The maximum absolute atomic E-state index is 12.4. The summed E-state index contributed by atoms with van der Waals surface area (Å²) in [4.78, 5) is 33.7. The first kappa shape index (κ1) is 15.1. The molecule has 1 aliphatic heterocycles. The van der Waals surface area contributed by atoms with Gasteiger partial charge in [-0.15, -0.1) is 0 Å². The third kappa shape index (κ3) is 3.91. The Bertz CT molecular complexity index is 718. The van der Waals surface area contributed by atoms with E-state index in [0.29, 0.717) is 19.0 Å². The Balaban J connectivity index is 1.61. The molecule has 1 amide bonds. The number of rotatable bonds is 4. The quantitative estimate of drug-likeness (QED) is 0.795. The van der Waals surface area contributed by atoms with Gasteiger partial charge in [0.25, 0.3) is 5.56 Å². The van der Waals surface area contributed by atoms with Crippen LogP contribution in [0, 0.1) is 0 Å². The molecule has 3 heterocycles. The Morgan fingerprint density at radius 2 is 2.26 bits per heavy atom. The van der Waals surface area contributed by atoms with Crippen molar-refractivity contribution in [2.24, 2.45) is 0 Å². The monoisotopic (exact) mass is 315 g/mol. The highest BCUT2D eigenvalue weighted by Crippen LogP contribution is 2.16. The third-order valence-corrected chi connectivity index (χ3v) is 3.63. The van der Waals surface area contributed by atoms with E-state index < -0.39 is 0 Å². The summed E-state index contributed by atoms with van der Waals surface area (Å²) in [6, 6.07) is 2.94. The van der Waals surface area contributed by atoms with Crippen LogP contribution in [-0.4, -0.2) is 49.7 Å². The summed E-state index contributed by atoms with van der Waals surface area (Å²) in [6.45, 7) is 1.06. The topological polar surface area (TPSA) is 90.2 Å². The standard InChI is InChI=1S/C15H17N5O3/c21-14-4-1-5-18-20(14)11-15(22)19-8-2-3-12(10-19)23-13-9-16-6-7-17-13/h1,4-7,9,12H,2-3,8,10-11H2. The van der Waals surface area contributed by atoms with E-state index in [0.717, 1.165) is 17.5 Å². The molecule has 0 aromatic carbocycles. The van der Waals surface area contributed by atoms with Gasteiger partial charge in [-0.25, -0.2) is 9.67 Å². The summed E-state index contributed by atoms with van der Waals surface area (Å²) in [6.07, 6.45) is 7.75. The molecule has 120 valence electrons. The highest BCUT2D eigenvalue weighted by molar-refractivity contribution is 5.76. The zero-order chi connectivity index (χ0) is 16.1. The van der Waals surface area contributed by atoms with Gasteiger partial charge in [0.1, 0.15) is 12.6 Å². The van der Waals surface area contributed by atoms with Gasteiger partial charge in [-0.3, -0.25) is 14.6 Å². The first-order chi connectivity index (χ1) is 11.2. The number of ether oxygens (including phenoxy) is 1. The molecule has 2 aromatic heterocycles. The fourth-order valence-electron chi connectivity index (χ4n) is 2.51. The average molecular weight is 315 g/mol. The molecule has 0 N–H and O–H groups in total. The molecule has 1 atom stereocenters. The van der Waals surface area contributed by atoms with Crippen molar-refractivity contribution in [3.05, 3.63) is 47.3 Å². The van der Waals surface area contributed by atoms with Crippen LogP contribution in [-0.2, 0) is 11.3 Å². The molecule has 3 rings (SSSR count). The van der Waals surface area contributed by atoms with E-state index in [4.69, 9.17) is 4.74 Å². The molecular weight excluding hydrogens is 298 g/mol. The summed E-state index contributed by atoms with van der Waals surface area (Å²) in [7, 11) is 0. The maximum Gasteiger partial charge on any atom is 0.267 e. The zero-order valence-electron chi connectivity index (χ0n) is 12.5. The van der Waals surface area contributed by atoms with E-state index in [1.165, 1.54) is 12.3 Å². The Morgan fingerprint density at radius 1 is 1.35 bits per heavy atom. The van der Waals surface area contributed by atoms with Crippen LogP contribution in [0.3, 0.4) is 0 Å². The fourth-order valence-corrected chi connectivity index (χ4v) is 2.51. The van der Waals surface area contributed by atoms with Gasteiger partial charge in [0.15, 0.2) is 0 Å². The number of hydrogen-bond acceptors (Lipinski definition) is 6. The van der Waals surface area contributed by atoms with Gasteiger partial charge in [-0.2, -0.15) is 5.10 Å². The molecule has 0 spiro atoms. The van der Waals surface area contributed by atoms with E-state index >= 15 is 0 Å². The lowest BCUT2D eigenvalue weighted by Crippen LogP contribution is -2.46. The van der Waals surface area contributed by atoms with Crippen LogP contribution < -0.4 is 10.3 Å². The SMILES string of the molecule is O=C(Cn1ncccc1=O)N1CCCC(Oc2cnccn2)C1. The Kier molecular flexibility index (Phi) is 4.60. The molecule has 0 saturated carbocycles.